The first-order chi connectivity index (χ1) is 6.77. The monoisotopic (exact) mass is 208 g/mol. The molecule has 0 unspecified atom stereocenters. The third kappa shape index (κ3) is 1.77. The third-order valence-electron chi connectivity index (χ3n) is 2.10. The van der Waals surface area contributed by atoms with Crippen LogP contribution in [0.4, 0.5) is 0 Å². The standard InChI is InChI=1S/C9H12N4S/c1-7-3-4-8(2)13(7)10-5-9-6-11-14-12-9/h3-4,6,10H,5H2,1-2H3. The van der Waals surface area contributed by atoms with E-state index in [1.165, 1.54) is 23.1 Å². The van der Waals surface area contributed by atoms with E-state index < -0.39 is 0 Å². The van der Waals surface area contributed by atoms with Crippen LogP contribution in [0.5, 0.6) is 0 Å². The molecule has 1 N–H and O–H groups in total. The summed E-state index contributed by atoms with van der Waals surface area (Å²) in [6.45, 7) is 4.85. The van der Waals surface area contributed by atoms with E-state index in [1.807, 2.05) is 0 Å². The van der Waals surface area contributed by atoms with Crippen molar-refractivity contribution in [2.24, 2.45) is 0 Å². The molecule has 4 nitrogen and oxygen atoms in total. The summed E-state index contributed by atoms with van der Waals surface area (Å²) in [4.78, 5) is 0. The normalized spacial score (nSPS) is 10.4. The lowest BCUT2D eigenvalue weighted by Crippen LogP contribution is -2.16. The van der Waals surface area contributed by atoms with Gasteiger partial charge in [0, 0.05) is 11.4 Å². The highest BCUT2D eigenvalue weighted by Crippen LogP contribution is 2.05. The van der Waals surface area contributed by atoms with Crippen LogP contribution in [0.3, 0.4) is 0 Å². The van der Waals surface area contributed by atoms with Crippen LogP contribution >= 0.6 is 11.7 Å². The summed E-state index contributed by atoms with van der Waals surface area (Å²) >= 11 is 1.24. The van der Waals surface area contributed by atoms with Crippen molar-refractivity contribution in [2.75, 3.05) is 5.43 Å². The van der Waals surface area contributed by atoms with Crippen LogP contribution in [0.1, 0.15) is 17.1 Å². The number of nitrogens with zero attached hydrogens (tertiary/aromatic N) is 3. The number of hydrogen-bond acceptors (Lipinski definition) is 4. The molecule has 0 spiro atoms. The molecule has 0 saturated carbocycles. The average molecular weight is 208 g/mol. The zero-order chi connectivity index (χ0) is 9.97. The fraction of sp³-hybridized carbons (Fsp3) is 0.333. The number of aromatic nitrogens is 3. The van der Waals surface area contributed by atoms with Crippen LogP contribution in [-0.2, 0) is 6.54 Å². The van der Waals surface area contributed by atoms with Gasteiger partial charge in [-0.2, -0.15) is 8.75 Å². The molecule has 0 aliphatic carbocycles. The molecule has 0 radical (unpaired) electrons. The van der Waals surface area contributed by atoms with E-state index in [1.54, 1.807) is 6.20 Å². The van der Waals surface area contributed by atoms with Crippen LogP contribution in [0.25, 0.3) is 0 Å². The molecule has 14 heavy (non-hydrogen) atoms. The highest BCUT2D eigenvalue weighted by Gasteiger charge is 2.00. The summed E-state index contributed by atoms with van der Waals surface area (Å²) in [6, 6.07) is 4.17. The Hall–Kier alpha value is -1.36. The van der Waals surface area contributed by atoms with Gasteiger partial charge in [0.25, 0.3) is 0 Å². The van der Waals surface area contributed by atoms with Crippen molar-refractivity contribution in [1.29, 1.82) is 0 Å². The van der Waals surface area contributed by atoms with Gasteiger partial charge in [-0.1, -0.05) is 0 Å². The first kappa shape index (κ1) is 9.21. The minimum absolute atomic E-state index is 0.715. The van der Waals surface area contributed by atoms with E-state index in [4.69, 9.17) is 0 Å². The number of nitrogens with one attached hydrogen (secondary N) is 1. The van der Waals surface area contributed by atoms with Crippen molar-refractivity contribution in [3.63, 3.8) is 0 Å². The second-order valence-corrected chi connectivity index (χ2v) is 3.74. The van der Waals surface area contributed by atoms with Crippen molar-refractivity contribution in [1.82, 2.24) is 13.4 Å². The van der Waals surface area contributed by atoms with E-state index in [0.717, 1.165) is 5.69 Å². The molecule has 0 aliphatic rings. The quantitative estimate of drug-likeness (QED) is 0.834. The van der Waals surface area contributed by atoms with Gasteiger partial charge in [0.2, 0.25) is 0 Å². The molecule has 2 aromatic heterocycles. The Morgan fingerprint density at radius 2 is 2.07 bits per heavy atom. The summed E-state index contributed by atoms with van der Waals surface area (Å²) in [5.41, 5.74) is 6.66. The van der Waals surface area contributed by atoms with Crippen LogP contribution in [-0.4, -0.2) is 13.4 Å². The maximum Gasteiger partial charge on any atom is 0.0950 e. The van der Waals surface area contributed by atoms with Crippen LogP contribution in [0, 0.1) is 13.8 Å². The van der Waals surface area contributed by atoms with Crippen LogP contribution in [0.2, 0.25) is 0 Å². The lowest BCUT2D eigenvalue weighted by atomic mass is 10.5. The number of hydrogen-bond donors (Lipinski definition) is 1. The Balaban J connectivity index is 2.05. The van der Waals surface area contributed by atoms with Gasteiger partial charge in [0.1, 0.15) is 0 Å². The largest absolute Gasteiger partial charge is 0.320 e. The van der Waals surface area contributed by atoms with Gasteiger partial charge in [0.05, 0.1) is 30.2 Å². The Morgan fingerprint density at radius 1 is 1.36 bits per heavy atom. The molecular weight excluding hydrogens is 196 g/mol. The second kappa shape index (κ2) is 3.79. The SMILES string of the molecule is Cc1ccc(C)n1NCc1cnsn1. The molecule has 0 aliphatic heterocycles. The van der Waals surface area contributed by atoms with E-state index >= 15 is 0 Å². The van der Waals surface area contributed by atoms with E-state index in [9.17, 15) is 0 Å². The van der Waals surface area contributed by atoms with Gasteiger partial charge in [-0.05, 0) is 26.0 Å². The number of aryl methyl sites for hydroxylation is 2. The highest BCUT2D eigenvalue weighted by molar-refractivity contribution is 6.99. The molecule has 5 heteroatoms. The van der Waals surface area contributed by atoms with Crippen molar-refractivity contribution >= 4 is 11.7 Å². The zero-order valence-electron chi connectivity index (χ0n) is 8.19. The van der Waals surface area contributed by atoms with Crippen molar-refractivity contribution in [3.05, 3.63) is 35.4 Å². The maximum atomic E-state index is 4.13. The van der Waals surface area contributed by atoms with Gasteiger partial charge in [-0.25, -0.2) is 0 Å². The Bertz CT molecular complexity index is 385. The van der Waals surface area contributed by atoms with Crippen molar-refractivity contribution in [3.8, 4) is 0 Å². The molecule has 2 heterocycles. The van der Waals surface area contributed by atoms with Gasteiger partial charge in [-0.3, -0.25) is 4.68 Å². The smallest absolute Gasteiger partial charge is 0.0950 e. The molecule has 0 aromatic carbocycles. The lowest BCUT2D eigenvalue weighted by molar-refractivity contribution is 0.785. The topological polar surface area (TPSA) is 42.7 Å². The minimum atomic E-state index is 0.715. The summed E-state index contributed by atoms with van der Waals surface area (Å²) in [5.74, 6) is 0. The molecule has 0 saturated heterocycles. The molecule has 74 valence electrons. The predicted octanol–water partition coefficient (Wildman–Crippen LogP) is 1.70. The summed E-state index contributed by atoms with van der Waals surface area (Å²) in [6.07, 6.45) is 1.78. The number of rotatable bonds is 3. The van der Waals surface area contributed by atoms with E-state index in [-0.39, 0.29) is 0 Å². The van der Waals surface area contributed by atoms with Gasteiger partial charge < -0.3 is 5.43 Å². The Kier molecular flexibility index (Phi) is 2.49. The fourth-order valence-electron chi connectivity index (χ4n) is 1.34. The molecule has 2 rings (SSSR count). The highest BCUT2D eigenvalue weighted by atomic mass is 32.1. The van der Waals surface area contributed by atoms with Crippen LogP contribution in [0.15, 0.2) is 18.3 Å². The maximum absolute atomic E-state index is 4.13. The third-order valence-corrected chi connectivity index (χ3v) is 2.61. The summed E-state index contributed by atoms with van der Waals surface area (Å²) < 4.78 is 10.1. The zero-order valence-corrected chi connectivity index (χ0v) is 9.01. The molecule has 0 atom stereocenters. The summed E-state index contributed by atoms with van der Waals surface area (Å²) in [5, 5.41) is 0. The van der Waals surface area contributed by atoms with Gasteiger partial charge in [-0.15, -0.1) is 0 Å². The summed E-state index contributed by atoms with van der Waals surface area (Å²) in [7, 11) is 0. The lowest BCUT2D eigenvalue weighted by Gasteiger charge is -2.10. The predicted molar refractivity (Wildman–Crippen MR) is 56.9 cm³/mol. The second-order valence-electron chi connectivity index (χ2n) is 3.19. The van der Waals surface area contributed by atoms with Crippen molar-refractivity contribution in [2.45, 2.75) is 20.4 Å². The Morgan fingerprint density at radius 3 is 2.64 bits per heavy atom. The van der Waals surface area contributed by atoms with Gasteiger partial charge >= 0.3 is 0 Å². The average Bonchev–Trinajstić information content (AvgIpc) is 2.76. The fourth-order valence-corrected chi connectivity index (χ4v) is 1.77. The van der Waals surface area contributed by atoms with Crippen LogP contribution < -0.4 is 5.43 Å². The molecule has 0 fully saturated rings. The van der Waals surface area contributed by atoms with E-state index in [0.29, 0.717) is 6.54 Å². The molecular formula is C9H12N4S. The van der Waals surface area contributed by atoms with Crippen molar-refractivity contribution < 1.29 is 0 Å². The first-order valence-electron chi connectivity index (χ1n) is 4.42. The Labute approximate surface area is 86.9 Å². The first-order valence-corrected chi connectivity index (χ1v) is 5.15. The molecule has 2 aromatic rings. The van der Waals surface area contributed by atoms with Gasteiger partial charge in [0.15, 0.2) is 0 Å². The van der Waals surface area contributed by atoms with E-state index in [2.05, 4.69) is 44.8 Å². The molecule has 0 bridgehead atoms. The minimum Gasteiger partial charge on any atom is -0.320 e. The molecule has 0 amide bonds.